The van der Waals surface area contributed by atoms with Crippen LogP contribution in [-0.4, -0.2) is 41.3 Å². The van der Waals surface area contributed by atoms with E-state index in [0.717, 1.165) is 15.4 Å². The van der Waals surface area contributed by atoms with Gasteiger partial charge < -0.3 is 9.47 Å². The molecule has 0 aromatic heterocycles. The second-order valence-electron chi connectivity index (χ2n) is 7.64. The first-order valence-electron chi connectivity index (χ1n) is 10.5. The van der Waals surface area contributed by atoms with E-state index in [9.17, 15) is 13.2 Å². The van der Waals surface area contributed by atoms with Crippen molar-refractivity contribution in [1.29, 1.82) is 0 Å². The number of carbonyl (C=O) groups is 1. The lowest BCUT2D eigenvalue weighted by atomic mass is 10.1. The molecule has 1 amide bonds. The third-order valence-corrected chi connectivity index (χ3v) is 7.34. The van der Waals surface area contributed by atoms with Crippen LogP contribution in [0.2, 0.25) is 5.02 Å². The van der Waals surface area contributed by atoms with Crippen LogP contribution in [0.1, 0.15) is 16.7 Å². The van der Waals surface area contributed by atoms with Crippen LogP contribution in [0.3, 0.4) is 0 Å². The van der Waals surface area contributed by atoms with Crippen LogP contribution in [0.4, 0.5) is 5.69 Å². The first kappa shape index (κ1) is 26.1. The molecule has 0 heterocycles. The van der Waals surface area contributed by atoms with Crippen LogP contribution in [0.25, 0.3) is 0 Å². The van der Waals surface area contributed by atoms with Gasteiger partial charge in [-0.05, 0) is 79.6 Å². The minimum atomic E-state index is -4.07. The molecule has 0 fully saturated rings. The van der Waals surface area contributed by atoms with Gasteiger partial charge in [-0.2, -0.15) is 5.10 Å². The van der Waals surface area contributed by atoms with E-state index in [2.05, 4.69) is 10.5 Å². The van der Waals surface area contributed by atoms with Gasteiger partial charge in [0.25, 0.3) is 15.9 Å². The van der Waals surface area contributed by atoms with Crippen molar-refractivity contribution in [2.45, 2.75) is 18.7 Å². The monoisotopic (exact) mass is 515 g/mol. The molecule has 0 spiro atoms. The van der Waals surface area contributed by atoms with Gasteiger partial charge in [0.05, 0.1) is 31.0 Å². The Kier molecular flexibility index (Phi) is 8.37. The molecule has 1 N–H and O–H groups in total. The second kappa shape index (κ2) is 11.2. The maximum atomic E-state index is 13.5. The summed E-state index contributed by atoms with van der Waals surface area (Å²) in [5.41, 5.74) is 5.21. The summed E-state index contributed by atoms with van der Waals surface area (Å²) in [4.78, 5) is 12.8. The number of anilines is 1. The number of nitrogens with one attached hydrogen (secondary N) is 1. The summed E-state index contributed by atoms with van der Waals surface area (Å²) in [6, 6.07) is 16.1. The van der Waals surface area contributed by atoms with Crippen molar-refractivity contribution in [3.05, 3.63) is 82.4 Å². The largest absolute Gasteiger partial charge is 0.497 e. The van der Waals surface area contributed by atoms with Crippen molar-refractivity contribution in [3.8, 4) is 11.5 Å². The molecule has 3 rings (SSSR count). The Morgan fingerprint density at radius 2 is 1.71 bits per heavy atom. The van der Waals surface area contributed by atoms with E-state index in [0.29, 0.717) is 27.8 Å². The zero-order valence-electron chi connectivity index (χ0n) is 19.8. The highest BCUT2D eigenvalue weighted by Crippen LogP contribution is 2.26. The number of rotatable bonds is 9. The highest BCUT2D eigenvalue weighted by Gasteiger charge is 2.27. The third-order valence-electron chi connectivity index (χ3n) is 5.30. The SMILES string of the molecule is COc1ccc(OC)c(/C=N\NC(=O)CN(c2ccc(C)c(C)c2)S(=O)(=O)c2ccc(Cl)cc2)c1. The normalized spacial score (nSPS) is 11.3. The maximum absolute atomic E-state index is 13.5. The molecule has 8 nitrogen and oxygen atoms in total. The van der Waals surface area contributed by atoms with E-state index in [1.54, 1.807) is 36.4 Å². The van der Waals surface area contributed by atoms with Crippen LogP contribution in [0.5, 0.6) is 11.5 Å². The van der Waals surface area contributed by atoms with Gasteiger partial charge in [-0.15, -0.1) is 0 Å². The number of aryl methyl sites for hydroxylation is 2. The molecule has 35 heavy (non-hydrogen) atoms. The molecule has 3 aromatic carbocycles. The molecule has 10 heteroatoms. The van der Waals surface area contributed by atoms with Crippen molar-refractivity contribution in [3.63, 3.8) is 0 Å². The predicted molar refractivity (Wildman–Crippen MR) is 137 cm³/mol. The van der Waals surface area contributed by atoms with Gasteiger partial charge in [0.15, 0.2) is 0 Å². The van der Waals surface area contributed by atoms with Gasteiger partial charge in [0.2, 0.25) is 0 Å². The highest BCUT2D eigenvalue weighted by molar-refractivity contribution is 7.92. The molecule has 0 aliphatic carbocycles. The Morgan fingerprint density at radius 1 is 1.00 bits per heavy atom. The molecule has 0 aliphatic heterocycles. The fraction of sp³-hybridized carbons (Fsp3) is 0.200. The molecule has 3 aromatic rings. The van der Waals surface area contributed by atoms with Crippen LogP contribution in [0, 0.1) is 13.8 Å². The van der Waals surface area contributed by atoms with E-state index >= 15 is 0 Å². The third kappa shape index (κ3) is 6.32. The molecular weight excluding hydrogens is 490 g/mol. The fourth-order valence-electron chi connectivity index (χ4n) is 3.21. The van der Waals surface area contributed by atoms with Gasteiger partial charge in [-0.1, -0.05) is 17.7 Å². The average Bonchev–Trinajstić information content (AvgIpc) is 2.84. The van der Waals surface area contributed by atoms with E-state index in [-0.39, 0.29) is 4.90 Å². The number of ether oxygens (including phenoxy) is 2. The van der Waals surface area contributed by atoms with Gasteiger partial charge >= 0.3 is 0 Å². The predicted octanol–water partition coefficient (Wildman–Crippen LogP) is 4.32. The lowest BCUT2D eigenvalue weighted by Gasteiger charge is -2.24. The minimum Gasteiger partial charge on any atom is -0.497 e. The molecule has 0 bridgehead atoms. The number of halogens is 1. The Labute approximate surface area is 210 Å². The van der Waals surface area contributed by atoms with Gasteiger partial charge in [0, 0.05) is 10.6 Å². The Hall–Kier alpha value is -3.56. The standard InChI is InChI=1S/C25H26ClN3O5S/c1-17-5-8-21(13-18(17)2)29(35(31,32)23-10-6-20(26)7-11-23)16-25(30)28-27-15-19-14-22(33-3)9-12-24(19)34-4/h5-15H,16H2,1-4H3,(H,28,30)/b27-15-. The summed E-state index contributed by atoms with van der Waals surface area (Å²) in [7, 11) is -1.02. The number of carbonyl (C=O) groups excluding carboxylic acids is 1. The first-order valence-corrected chi connectivity index (χ1v) is 12.4. The molecule has 0 radical (unpaired) electrons. The highest BCUT2D eigenvalue weighted by atomic mass is 35.5. The second-order valence-corrected chi connectivity index (χ2v) is 9.93. The molecule has 0 saturated heterocycles. The number of methoxy groups -OCH3 is 2. The molecule has 0 atom stereocenters. The van der Waals surface area contributed by atoms with E-state index in [1.807, 2.05) is 13.8 Å². The van der Waals surface area contributed by atoms with Crippen LogP contribution >= 0.6 is 11.6 Å². The van der Waals surface area contributed by atoms with Crippen molar-refractivity contribution in [1.82, 2.24) is 5.43 Å². The zero-order chi connectivity index (χ0) is 25.6. The molecule has 184 valence electrons. The van der Waals surface area contributed by atoms with Crippen molar-refractivity contribution in [2.75, 3.05) is 25.1 Å². The van der Waals surface area contributed by atoms with E-state index in [1.165, 1.54) is 44.7 Å². The summed E-state index contributed by atoms with van der Waals surface area (Å²) in [6.45, 7) is 3.31. The Bertz CT molecular complexity index is 1340. The molecule has 0 aliphatic rings. The molecule has 0 saturated carbocycles. The number of nitrogens with zero attached hydrogens (tertiary/aromatic N) is 2. The number of hydrazone groups is 1. The van der Waals surface area contributed by atoms with Gasteiger partial charge in [-0.25, -0.2) is 13.8 Å². The van der Waals surface area contributed by atoms with Gasteiger partial charge in [0.1, 0.15) is 18.0 Å². The Balaban J connectivity index is 1.88. The average molecular weight is 516 g/mol. The van der Waals surface area contributed by atoms with E-state index < -0.39 is 22.5 Å². The summed E-state index contributed by atoms with van der Waals surface area (Å²) in [5.74, 6) is 0.498. The smallest absolute Gasteiger partial charge is 0.264 e. The van der Waals surface area contributed by atoms with Crippen LogP contribution in [-0.2, 0) is 14.8 Å². The molecule has 0 unspecified atom stereocenters. The first-order chi connectivity index (χ1) is 16.6. The summed E-state index contributed by atoms with van der Waals surface area (Å²) in [5, 5.41) is 4.38. The minimum absolute atomic E-state index is 0.0116. The summed E-state index contributed by atoms with van der Waals surface area (Å²) >= 11 is 5.92. The van der Waals surface area contributed by atoms with Gasteiger partial charge in [-0.3, -0.25) is 9.10 Å². The number of amides is 1. The number of benzene rings is 3. The van der Waals surface area contributed by atoms with Crippen molar-refractivity contribution >= 4 is 39.4 Å². The lowest BCUT2D eigenvalue weighted by molar-refractivity contribution is -0.119. The Morgan fingerprint density at radius 3 is 2.34 bits per heavy atom. The lowest BCUT2D eigenvalue weighted by Crippen LogP contribution is -2.39. The quantitative estimate of drug-likeness (QED) is 0.338. The van der Waals surface area contributed by atoms with Crippen LogP contribution in [0.15, 0.2) is 70.7 Å². The maximum Gasteiger partial charge on any atom is 0.264 e. The molecular formula is C25H26ClN3O5S. The van der Waals surface area contributed by atoms with Crippen molar-refractivity contribution < 1.29 is 22.7 Å². The van der Waals surface area contributed by atoms with E-state index in [4.69, 9.17) is 21.1 Å². The summed E-state index contributed by atoms with van der Waals surface area (Å²) in [6.07, 6.45) is 1.40. The van der Waals surface area contributed by atoms with Crippen LogP contribution < -0.4 is 19.2 Å². The topological polar surface area (TPSA) is 97.3 Å². The summed E-state index contributed by atoms with van der Waals surface area (Å²) < 4.78 is 38.5. The van der Waals surface area contributed by atoms with Crippen molar-refractivity contribution in [2.24, 2.45) is 5.10 Å². The zero-order valence-corrected chi connectivity index (χ0v) is 21.4. The number of hydrogen-bond donors (Lipinski definition) is 1. The fourth-order valence-corrected chi connectivity index (χ4v) is 4.75. The number of hydrogen-bond acceptors (Lipinski definition) is 6. The number of sulfonamides is 1.